The molecule has 1 amide bonds. The predicted octanol–water partition coefficient (Wildman–Crippen LogP) is 12.6. The molecule has 0 spiro atoms. The van der Waals surface area contributed by atoms with Gasteiger partial charge in [-0.05, 0) is 151 Å². The Kier molecular flexibility index (Phi) is 21.1. The first-order chi connectivity index (χ1) is 30.7. The van der Waals surface area contributed by atoms with Crippen molar-refractivity contribution in [2.75, 3.05) is 81.8 Å². The van der Waals surface area contributed by atoms with Crippen LogP contribution in [0.25, 0.3) is 5.57 Å². The van der Waals surface area contributed by atoms with Crippen molar-refractivity contribution in [2.24, 2.45) is 5.41 Å². The number of carbonyl (C=O) groups excluding carboxylic acids is 1. The maximum atomic E-state index is 12.8. The van der Waals surface area contributed by atoms with Crippen molar-refractivity contribution in [3.63, 3.8) is 0 Å². The molecule has 7 rings (SSSR count). The zero-order valence-electron chi connectivity index (χ0n) is 37.8. The molecule has 348 valence electrons. The van der Waals surface area contributed by atoms with Gasteiger partial charge in [0.15, 0.2) is 0 Å². The van der Waals surface area contributed by atoms with Gasteiger partial charge in [0.2, 0.25) is 0 Å². The number of amides is 1. The van der Waals surface area contributed by atoms with E-state index in [1.165, 1.54) is 97.9 Å². The molecule has 0 aromatic heterocycles. The minimum Gasteiger partial charge on any atom is -0.398 e. The first-order valence-electron chi connectivity index (χ1n) is 22.5. The van der Waals surface area contributed by atoms with Gasteiger partial charge in [0.05, 0.1) is 0 Å². The van der Waals surface area contributed by atoms with E-state index in [-0.39, 0.29) is 28.3 Å². The number of hydrogen-bond donors (Lipinski definition) is 3. The van der Waals surface area contributed by atoms with Gasteiger partial charge in [0, 0.05) is 95.6 Å². The summed E-state index contributed by atoms with van der Waals surface area (Å²) in [5.41, 5.74) is 7.37. The van der Waals surface area contributed by atoms with Crippen molar-refractivity contribution in [1.82, 2.24) is 19.8 Å². The molecule has 0 atom stereocenters. The van der Waals surface area contributed by atoms with Crippen LogP contribution in [0.1, 0.15) is 82.1 Å². The third kappa shape index (κ3) is 17.8. The predicted molar refractivity (Wildman–Crippen MR) is 269 cm³/mol. The van der Waals surface area contributed by atoms with Crippen LogP contribution in [0.4, 0.5) is 24.5 Å². The summed E-state index contributed by atoms with van der Waals surface area (Å²) in [5, 5.41) is 4.15. The van der Waals surface area contributed by atoms with Crippen LogP contribution in [0.3, 0.4) is 0 Å². The summed E-state index contributed by atoms with van der Waals surface area (Å²) in [7, 11) is 0. The molecule has 4 N–H and O–H groups in total. The Morgan fingerprint density at radius 2 is 1.52 bits per heavy atom. The Hall–Kier alpha value is -3.30. The fourth-order valence-electron chi connectivity index (χ4n) is 7.86. The van der Waals surface area contributed by atoms with Crippen molar-refractivity contribution >= 4 is 69.9 Å². The van der Waals surface area contributed by atoms with E-state index in [4.69, 9.17) is 17.3 Å². The van der Waals surface area contributed by atoms with Gasteiger partial charge in [-0.2, -0.15) is 13.2 Å². The molecule has 3 aliphatic rings. The smallest absolute Gasteiger partial charge is 0.398 e. The third-order valence-electron chi connectivity index (χ3n) is 11.2. The van der Waals surface area contributed by atoms with Crippen molar-refractivity contribution in [1.29, 1.82) is 0 Å². The second-order valence-electron chi connectivity index (χ2n) is 17.2. The second-order valence-corrected chi connectivity index (χ2v) is 20.8. The second kappa shape index (κ2) is 26.1. The molecule has 7 nitrogen and oxygen atoms in total. The number of alkyl halides is 3. The Balaban J connectivity index is 0.000000319. The lowest BCUT2D eigenvalue weighted by Gasteiger charge is -2.39. The number of carbonyl (C=O) groups is 1. The number of nitrogen functional groups attached to an aromatic ring is 1. The molecule has 0 bridgehead atoms. The van der Waals surface area contributed by atoms with Crippen LogP contribution < -0.4 is 20.7 Å². The first-order valence-corrected chi connectivity index (χ1v) is 25.5. The maximum Gasteiger partial charge on any atom is 0.446 e. The molecule has 0 saturated carbocycles. The number of piperazine rings is 2. The lowest BCUT2D eigenvalue weighted by molar-refractivity contribution is -0.0328. The molecule has 2 heterocycles. The van der Waals surface area contributed by atoms with Crippen LogP contribution in [0, 0.1) is 5.41 Å². The highest BCUT2D eigenvalue weighted by atomic mass is 35.5. The van der Waals surface area contributed by atoms with Gasteiger partial charge in [-0.1, -0.05) is 81.6 Å². The average Bonchev–Trinajstić information content (AvgIpc) is 3.28. The SMILES string of the molecule is CC1(C)CCC(c2ccc(Cl)cc2)=C(CN2CCN(c3ccc(C(=O)NSc4ccc(N)c(SC(F)(F)F)c4)cc3)CC2)C1.CCC.c1ccc(SCCCCN2CCNCC2)cc1. The van der Waals surface area contributed by atoms with Crippen molar-refractivity contribution in [3.05, 3.63) is 119 Å². The first kappa shape index (κ1) is 51.7. The van der Waals surface area contributed by atoms with Crippen LogP contribution in [0.2, 0.25) is 5.02 Å². The molecular weight excluding hydrogens is 889 g/mol. The topological polar surface area (TPSA) is 76.9 Å². The van der Waals surface area contributed by atoms with E-state index in [1.54, 1.807) is 18.2 Å². The largest absolute Gasteiger partial charge is 0.446 e. The van der Waals surface area contributed by atoms with Gasteiger partial charge in [-0.25, -0.2) is 0 Å². The van der Waals surface area contributed by atoms with E-state index >= 15 is 0 Å². The minimum absolute atomic E-state index is 0.0390. The lowest BCUT2D eigenvalue weighted by atomic mass is 9.73. The summed E-state index contributed by atoms with van der Waals surface area (Å²) in [6.07, 6.45) is 7.27. The molecular formula is C50H66ClF3N6OS3. The van der Waals surface area contributed by atoms with Crippen molar-refractivity contribution in [2.45, 2.75) is 86.4 Å². The zero-order chi connectivity index (χ0) is 46.0. The van der Waals surface area contributed by atoms with E-state index in [9.17, 15) is 18.0 Å². The van der Waals surface area contributed by atoms with E-state index in [1.807, 2.05) is 36.0 Å². The maximum absolute atomic E-state index is 12.8. The standard InChI is InChI=1S/C33H36ClF3N4OS2.C14H22N2S.C3H8/c1-32(2)14-13-28(22-3-7-25(34)8-4-22)24(20-32)21-40-15-17-41(18-16-40)26-9-5-23(6-10-26)31(42)39-44-27-11-12-29(38)30(19-27)43-33(35,36)37;1-2-6-14(7-3-1)17-13-5-4-10-16-11-8-15-9-12-16;1-3-2/h3-12,19H,13-18,20-21,38H2,1-2H3,(H,39,42);1-3,6-7,15H,4-5,8-13H2;3H2,1-2H3. The fraction of sp³-hybridized carbons (Fsp3) is 0.460. The van der Waals surface area contributed by atoms with E-state index in [0.29, 0.717) is 15.9 Å². The molecule has 64 heavy (non-hydrogen) atoms. The van der Waals surface area contributed by atoms with E-state index in [0.717, 1.165) is 68.2 Å². The fourth-order valence-corrected chi connectivity index (χ4v) is 10.3. The highest BCUT2D eigenvalue weighted by Gasteiger charge is 2.31. The van der Waals surface area contributed by atoms with Gasteiger partial charge >= 0.3 is 5.51 Å². The summed E-state index contributed by atoms with van der Waals surface area (Å²) in [5.74, 6) is 0.921. The number of halogens is 4. The van der Waals surface area contributed by atoms with Crippen LogP contribution in [-0.2, 0) is 0 Å². The number of unbranched alkanes of at least 4 members (excludes halogenated alkanes) is 1. The number of rotatable bonds is 14. The quantitative estimate of drug-likeness (QED) is 0.0496. The Labute approximate surface area is 398 Å². The average molecular weight is 956 g/mol. The highest BCUT2D eigenvalue weighted by Crippen LogP contribution is 2.43. The monoisotopic (exact) mass is 954 g/mol. The van der Waals surface area contributed by atoms with Crippen LogP contribution >= 0.6 is 47.1 Å². The number of thioether (sulfide) groups is 2. The molecule has 4 aromatic rings. The third-order valence-corrected chi connectivity index (χ3v) is 14.1. The Morgan fingerprint density at radius 1 is 0.844 bits per heavy atom. The van der Waals surface area contributed by atoms with Gasteiger partial charge in [0.1, 0.15) is 0 Å². The summed E-state index contributed by atoms with van der Waals surface area (Å²) >= 11 is 8.82. The summed E-state index contributed by atoms with van der Waals surface area (Å²) in [6, 6.07) is 30.7. The number of nitrogens with two attached hydrogens (primary N) is 1. The molecule has 4 aromatic carbocycles. The Bertz CT molecular complexity index is 2040. The van der Waals surface area contributed by atoms with Gasteiger partial charge < -0.3 is 20.9 Å². The highest BCUT2D eigenvalue weighted by molar-refractivity contribution is 8.00. The van der Waals surface area contributed by atoms with E-state index in [2.05, 4.69) is 94.9 Å². The zero-order valence-corrected chi connectivity index (χ0v) is 41.0. The van der Waals surface area contributed by atoms with Gasteiger partial charge in [-0.3, -0.25) is 14.4 Å². The molecule has 1 aliphatic carbocycles. The van der Waals surface area contributed by atoms with Gasteiger partial charge in [-0.15, -0.1) is 11.8 Å². The Morgan fingerprint density at radius 3 is 2.17 bits per heavy atom. The van der Waals surface area contributed by atoms with Crippen LogP contribution in [0.15, 0.2) is 117 Å². The molecule has 2 saturated heterocycles. The number of hydrogen-bond acceptors (Lipinski definition) is 9. The summed E-state index contributed by atoms with van der Waals surface area (Å²) < 4.78 is 41.1. The molecule has 2 fully saturated rings. The summed E-state index contributed by atoms with van der Waals surface area (Å²) in [6.45, 7) is 19.7. The summed E-state index contributed by atoms with van der Waals surface area (Å²) in [4.78, 5) is 21.9. The molecule has 0 radical (unpaired) electrons. The number of anilines is 2. The molecule has 14 heteroatoms. The lowest BCUT2D eigenvalue weighted by Crippen LogP contribution is -2.47. The number of nitrogens with one attached hydrogen (secondary N) is 2. The van der Waals surface area contributed by atoms with Crippen molar-refractivity contribution < 1.29 is 18.0 Å². The normalized spacial score (nSPS) is 16.9. The molecule has 0 unspecified atom stereocenters. The van der Waals surface area contributed by atoms with Crippen LogP contribution in [0.5, 0.6) is 0 Å². The molecule has 2 aliphatic heterocycles. The number of benzene rings is 4. The van der Waals surface area contributed by atoms with Crippen LogP contribution in [-0.4, -0.2) is 92.4 Å². The van der Waals surface area contributed by atoms with Crippen molar-refractivity contribution in [3.8, 4) is 0 Å². The number of nitrogens with zero attached hydrogens (tertiary/aromatic N) is 3. The number of allylic oxidation sites excluding steroid dienone is 1. The van der Waals surface area contributed by atoms with E-state index < -0.39 is 5.51 Å². The van der Waals surface area contributed by atoms with Gasteiger partial charge in [0.25, 0.3) is 5.91 Å². The minimum atomic E-state index is -4.44.